The van der Waals surface area contributed by atoms with Gasteiger partial charge in [-0.3, -0.25) is 14.5 Å². The van der Waals surface area contributed by atoms with E-state index in [1.807, 2.05) is 20.8 Å². The van der Waals surface area contributed by atoms with Crippen LogP contribution < -0.4 is 15.4 Å². The molecule has 1 fully saturated rings. The number of benzene rings is 1. The number of hydrogen-bond acceptors (Lipinski definition) is 4. The number of hydrogen-bond donors (Lipinski definition) is 2. The van der Waals surface area contributed by atoms with Crippen LogP contribution in [-0.4, -0.2) is 42.4 Å². The summed E-state index contributed by atoms with van der Waals surface area (Å²) in [5.74, 6) is -0.0967. The lowest BCUT2D eigenvalue weighted by Crippen LogP contribution is -2.45. The molecule has 136 valence electrons. The minimum atomic E-state index is -1.15. The van der Waals surface area contributed by atoms with Gasteiger partial charge in [0.25, 0.3) is 5.91 Å². The molecule has 1 aromatic rings. The quantitative estimate of drug-likeness (QED) is 0.736. The summed E-state index contributed by atoms with van der Waals surface area (Å²) in [7, 11) is 1.56. The molecule has 1 saturated heterocycles. The van der Waals surface area contributed by atoms with Crippen molar-refractivity contribution in [2.45, 2.75) is 45.2 Å². The van der Waals surface area contributed by atoms with Gasteiger partial charge in [0.2, 0.25) is 5.91 Å². The van der Waals surface area contributed by atoms with Gasteiger partial charge in [-0.2, -0.15) is 0 Å². The lowest BCUT2D eigenvalue weighted by molar-refractivity contribution is -0.135. The minimum Gasteiger partial charge on any atom is -0.497 e. The van der Waals surface area contributed by atoms with Gasteiger partial charge in [0.15, 0.2) is 0 Å². The van der Waals surface area contributed by atoms with Crippen molar-refractivity contribution < 1.29 is 19.1 Å². The fraction of sp³-hybridized carbons (Fsp3) is 0.500. The molecular weight excluding hydrogens is 322 g/mol. The Morgan fingerprint density at radius 2 is 1.92 bits per heavy atom. The number of ether oxygens (including phenoxy) is 1. The Morgan fingerprint density at radius 1 is 1.28 bits per heavy atom. The van der Waals surface area contributed by atoms with Gasteiger partial charge < -0.3 is 15.4 Å². The van der Waals surface area contributed by atoms with E-state index in [-0.39, 0.29) is 18.5 Å². The fourth-order valence-electron chi connectivity index (χ4n) is 2.85. The van der Waals surface area contributed by atoms with Crippen molar-refractivity contribution in [2.75, 3.05) is 13.7 Å². The Hall–Kier alpha value is -2.57. The number of urea groups is 1. The Balaban J connectivity index is 2.23. The summed E-state index contributed by atoms with van der Waals surface area (Å²) in [6.07, 6.45) is 1.16. The van der Waals surface area contributed by atoms with Crippen LogP contribution >= 0.6 is 0 Å². The first kappa shape index (κ1) is 18.8. The molecule has 0 saturated carbocycles. The summed E-state index contributed by atoms with van der Waals surface area (Å²) < 4.78 is 5.13. The van der Waals surface area contributed by atoms with E-state index >= 15 is 0 Å². The Kier molecular flexibility index (Phi) is 5.66. The highest BCUT2D eigenvalue weighted by molar-refractivity contribution is 6.09. The molecule has 1 heterocycles. The monoisotopic (exact) mass is 347 g/mol. The highest BCUT2D eigenvalue weighted by Gasteiger charge is 2.51. The number of amides is 4. The van der Waals surface area contributed by atoms with Crippen LogP contribution in [0.4, 0.5) is 4.79 Å². The van der Waals surface area contributed by atoms with Crippen molar-refractivity contribution in [1.82, 2.24) is 15.5 Å². The molecule has 2 rings (SSSR count). The van der Waals surface area contributed by atoms with Crippen LogP contribution in [0.2, 0.25) is 0 Å². The van der Waals surface area contributed by atoms with Crippen molar-refractivity contribution >= 4 is 17.8 Å². The molecule has 0 bridgehead atoms. The van der Waals surface area contributed by atoms with Gasteiger partial charge in [-0.05, 0) is 37.5 Å². The summed E-state index contributed by atoms with van der Waals surface area (Å²) in [5, 5.41) is 5.53. The van der Waals surface area contributed by atoms with E-state index in [9.17, 15) is 14.4 Å². The molecule has 0 unspecified atom stereocenters. The second-order valence-corrected chi connectivity index (χ2v) is 6.19. The van der Waals surface area contributed by atoms with Gasteiger partial charge in [0.1, 0.15) is 17.8 Å². The lowest BCUT2D eigenvalue weighted by atomic mass is 9.87. The van der Waals surface area contributed by atoms with Crippen LogP contribution in [0.15, 0.2) is 24.3 Å². The second kappa shape index (κ2) is 7.55. The molecule has 0 aliphatic carbocycles. The third-order valence-corrected chi connectivity index (χ3v) is 4.61. The number of carbonyl (C=O) groups is 3. The summed E-state index contributed by atoms with van der Waals surface area (Å²) in [4.78, 5) is 38.3. The molecule has 4 amide bonds. The molecule has 0 aromatic heterocycles. The average Bonchev–Trinajstić information content (AvgIpc) is 2.86. The van der Waals surface area contributed by atoms with Gasteiger partial charge in [-0.25, -0.2) is 4.79 Å². The van der Waals surface area contributed by atoms with E-state index in [1.54, 1.807) is 31.4 Å². The normalized spacial score (nSPS) is 21.0. The number of nitrogens with one attached hydrogen (secondary N) is 2. The van der Waals surface area contributed by atoms with E-state index in [2.05, 4.69) is 10.6 Å². The van der Waals surface area contributed by atoms with Crippen molar-refractivity contribution in [3.63, 3.8) is 0 Å². The summed E-state index contributed by atoms with van der Waals surface area (Å²) in [5.41, 5.74) is -0.487. The molecule has 0 spiro atoms. The first-order valence-electron chi connectivity index (χ1n) is 8.46. The predicted octanol–water partition coefficient (Wildman–Crippen LogP) is 1.77. The molecule has 1 aliphatic heterocycles. The number of methoxy groups -OCH3 is 1. The first-order valence-corrected chi connectivity index (χ1v) is 8.46. The van der Waals surface area contributed by atoms with Crippen molar-refractivity contribution in [3.05, 3.63) is 29.8 Å². The topological polar surface area (TPSA) is 87.7 Å². The summed E-state index contributed by atoms with van der Waals surface area (Å²) in [6.45, 7) is 5.36. The maximum atomic E-state index is 12.9. The minimum absolute atomic E-state index is 0.00853. The van der Waals surface area contributed by atoms with E-state index < -0.39 is 17.5 Å². The molecular formula is C18H25N3O4. The zero-order valence-electron chi connectivity index (χ0n) is 15.1. The second-order valence-electron chi connectivity index (χ2n) is 6.19. The molecule has 0 radical (unpaired) electrons. The van der Waals surface area contributed by atoms with Crippen LogP contribution in [-0.2, 0) is 15.1 Å². The maximum Gasteiger partial charge on any atom is 0.325 e. The summed E-state index contributed by atoms with van der Waals surface area (Å²) >= 11 is 0. The van der Waals surface area contributed by atoms with Gasteiger partial charge in [-0.1, -0.05) is 26.0 Å². The van der Waals surface area contributed by atoms with Crippen molar-refractivity contribution in [1.29, 1.82) is 0 Å². The number of carbonyl (C=O) groups excluding carboxylic acids is 3. The first-order chi connectivity index (χ1) is 11.9. The van der Waals surface area contributed by atoms with Crippen LogP contribution in [0.3, 0.4) is 0 Å². The van der Waals surface area contributed by atoms with Crippen LogP contribution in [0.5, 0.6) is 5.75 Å². The average molecular weight is 347 g/mol. The molecule has 1 aromatic carbocycles. The summed E-state index contributed by atoms with van der Waals surface area (Å²) in [6, 6.07) is 6.43. The zero-order valence-corrected chi connectivity index (χ0v) is 15.1. The van der Waals surface area contributed by atoms with Crippen molar-refractivity contribution in [3.8, 4) is 5.75 Å². The molecule has 2 N–H and O–H groups in total. The largest absolute Gasteiger partial charge is 0.497 e. The third kappa shape index (κ3) is 3.60. The molecule has 7 nitrogen and oxygen atoms in total. The van der Waals surface area contributed by atoms with E-state index in [4.69, 9.17) is 4.74 Å². The SMILES string of the molecule is CC[C@@H](C)NC(=O)CN1C(=O)N[C@@](CC)(c2ccc(OC)cc2)C1=O. The number of rotatable bonds is 7. The predicted molar refractivity (Wildman–Crippen MR) is 93.1 cm³/mol. The number of imide groups is 1. The lowest BCUT2D eigenvalue weighted by Gasteiger charge is -2.26. The molecule has 2 atom stereocenters. The standard InChI is InChI=1S/C18H25N3O4/c1-5-12(3)19-15(22)11-21-16(23)18(6-2,20-17(21)24)13-7-9-14(25-4)10-8-13/h7-10,12H,5-6,11H2,1-4H3,(H,19,22)(H,20,24)/t12-,18+/m1/s1. The molecule has 7 heteroatoms. The Labute approximate surface area is 147 Å². The fourth-order valence-corrected chi connectivity index (χ4v) is 2.85. The molecule has 1 aliphatic rings. The van der Waals surface area contributed by atoms with E-state index in [0.717, 1.165) is 11.3 Å². The number of nitrogens with zero attached hydrogens (tertiary/aromatic N) is 1. The zero-order chi connectivity index (χ0) is 18.6. The van der Waals surface area contributed by atoms with E-state index in [1.165, 1.54) is 0 Å². The Bertz CT molecular complexity index is 659. The smallest absolute Gasteiger partial charge is 0.325 e. The van der Waals surface area contributed by atoms with Crippen LogP contribution in [0, 0.1) is 0 Å². The van der Waals surface area contributed by atoms with Crippen molar-refractivity contribution in [2.24, 2.45) is 0 Å². The van der Waals surface area contributed by atoms with Gasteiger partial charge in [0.05, 0.1) is 7.11 Å². The highest BCUT2D eigenvalue weighted by Crippen LogP contribution is 2.33. The molecule has 25 heavy (non-hydrogen) atoms. The van der Waals surface area contributed by atoms with Gasteiger partial charge in [0, 0.05) is 6.04 Å². The Morgan fingerprint density at radius 3 is 2.44 bits per heavy atom. The third-order valence-electron chi connectivity index (χ3n) is 4.61. The van der Waals surface area contributed by atoms with Crippen LogP contribution in [0.1, 0.15) is 39.2 Å². The highest BCUT2D eigenvalue weighted by atomic mass is 16.5. The van der Waals surface area contributed by atoms with E-state index in [0.29, 0.717) is 17.7 Å². The van der Waals surface area contributed by atoms with Gasteiger partial charge >= 0.3 is 6.03 Å². The maximum absolute atomic E-state index is 12.9. The van der Waals surface area contributed by atoms with Gasteiger partial charge in [-0.15, -0.1) is 0 Å². The van der Waals surface area contributed by atoms with Crippen LogP contribution in [0.25, 0.3) is 0 Å².